The molecule has 0 spiro atoms. The van der Waals surface area contributed by atoms with Crippen molar-refractivity contribution in [1.29, 1.82) is 0 Å². The molecule has 2 aromatic heterocycles. The lowest BCUT2D eigenvalue weighted by Gasteiger charge is -2.12. The number of amides is 1. The van der Waals surface area contributed by atoms with Gasteiger partial charge in [0.05, 0.1) is 5.75 Å². The van der Waals surface area contributed by atoms with Gasteiger partial charge in [-0.3, -0.25) is 9.47 Å². The summed E-state index contributed by atoms with van der Waals surface area (Å²) in [5.74, 6) is 0.994. The molecular formula is C23H23N5OS. The second-order valence-corrected chi connectivity index (χ2v) is 7.96. The number of carbonyl (C=O) groups is 1. The number of carbonyl (C=O) groups excluding carboxylic acids is 1. The molecule has 0 saturated carbocycles. The minimum absolute atomic E-state index is 0.0691. The largest absolute Gasteiger partial charge is 0.325 e. The van der Waals surface area contributed by atoms with Gasteiger partial charge in [0.2, 0.25) is 11.1 Å². The van der Waals surface area contributed by atoms with Crippen LogP contribution in [-0.4, -0.2) is 31.2 Å². The molecule has 30 heavy (non-hydrogen) atoms. The number of hydrogen-bond acceptors (Lipinski definition) is 4. The molecule has 0 fully saturated rings. The Hall–Kier alpha value is -3.32. The van der Waals surface area contributed by atoms with Crippen LogP contribution in [0.4, 0.5) is 5.69 Å². The highest BCUT2D eigenvalue weighted by Gasteiger charge is 2.16. The van der Waals surface area contributed by atoms with Gasteiger partial charge in [-0.15, -0.1) is 10.2 Å². The molecule has 4 aromatic rings. The van der Waals surface area contributed by atoms with Gasteiger partial charge in [0, 0.05) is 24.5 Å². The molecule has 0 saturated heterocycles. The van der Waals surface area contributed by atoms with Crippen molar-refractivity contribution in [3.8, 4) is 0 Å². The SMILES string of the molecule is Cc1cccc(NC(=O)CSc2nnc(Cc3ccccc3)n2-n2cccc2)c1C. The van der Waals surface area contributed by atoms with Crippen LogP contribution in [-0.2, 0) is 11.2 Å². The third-order valence-electron chi connectivity index (χ3n) is 4.91. The zero-order valence-corrected chi connectivity index (χ0v) is 17.8. The fourth-order valence-corrected chi connectivity index (χ4v) is 3.92. The Balaban J connectivity index is 1.51. The molecule has 6 nitrogen and oxygen atoms in total. The average Bonchev–Trinajstić information content (AvgIpc) is 3.40. The molecule has 0 aliphatic carbocycles. The first kappa shape index (κ1) is 20.0. The highest BCUT2D eigenvalue weighted by Crippen LogP contribution is 2.21. The molecule has 0 atom stereocenters. The second kappa shape index (κ2) is 9.00. The maximum Gasteiger partial charge on any atom is 0.234 e. The number of thioether (sulfide) groups is 1. The molecule has 1 amide bonds. The van der Waals surface area contributed by atoms with E-state index in [0.29, 0.717) is 11.6 Å². The molecule has 152 valence electrons. The van der Waals surface area contributed by atoms with Crippen LogP contribution < -0.4 is 5.32 Å². The van der Waals surface area contributed by atoms with E-state index < -0.39 is 0 Å². The first-order valence-electron chi connectivity index (χ1n) is 9.72. The highest BCUT2D eigenvalue weighted by atomic mass is 32.2. The third-order valence-corrected chi connectivity index (χ3v) is 5.83. The summed E-state index contributed by atoms with van der Waals surface area (Å²) in [5.41, 5.74) is 4.23. The monoisotopic (exact) mass is 417 g/mol. The molecule has 7 heteroatoms. The van der Waals surface area contributed by atoms with Gasteiger partial charge in [0.25, 0.3) is 0 Å². The fraction of sp³-hybridized carbons (Fsp3) is 0.174. The van der Waals surface area contributed by atoms with E-state index >= 15 is 0 Å². The molecule has 0 radical (unpaired) electrons. The van der Waals surface area contributed by atoms with Gasteiger partial charge in [-0.25, -0.2) is 4.68 Å². The molecule has 0 aliphatic heterocycles. The quantitative estimate of drug-likeness (QED) is 0.455. The summed E-state index contributed by atoms with van der Waals surface area (Å²) in [4.78, 5) is 12.5. The van der Waals surface area contributed by atoms with Crippen LogP contribution >= 0.6 is 11.8 Å². The van der Waals surface area contributed by atoms with Crippen molar-refractivity contribution < 1.29 is 4.79 Å². The van der Waals surface area contributed by atoms with Crippen LogP contribution in [0.25, 0.3) is 0 Å². The number of rotatable bonds is 7. The summed E-state index contributed by atoms with van der Waals surface area (Å²) >= 11 is 1.37. The molecule has 4 rings (SSSR count). The first-order chi connectivity index (χ1) is 14.6. The summed E-state index contributed by atoms with van der Waals surface area (Å²) < 4.78 is 3.88. The van der Waals surface area contributed by atoms with Gasteiger partial charge in [-0.05, 0) is 48.7 Å². The molecule has 0 bridgehead atoms. The molecule has 1 N–H and O–H groups in total. The van der Waals surface area contributed by atoms with Crippen molar-refractivity contribution in [2.75, 3.05) is 11.1 Å². The van der Waals surface area contributed by atoms with Crippen LogP contribution in [0, 0.1) is 13.8 Å². The van der Waals surface area contributed by atoms with Crippen LogP contribution in [0.5, 0.6) is 0 Å². The number of nitrogens with zero attached hydrogens (tertiary/aromatic N) is 4. The summed E-state index contributed by atoms with van der Waals surface area (Å²) in [7, 11) is 0. The zero-order chi connectivity index (χ0) is 20.9. The van der Waals surface area contributed by atoms with Gasteiger partial charge in [-0.2, -0.15) is 0 Å². The summed E-state index contributed by atoms with van der Waals surface area (Å²) in [5, 5.41) is 12.4. The lowest BCUT2D eigenvalue weighted by molar-refractivity contribution is -0.113. The summed E-state index contributed by atoms with van der Waals surface area (Å²) in [6.45, 7) is 4.05. The van der Waals surface area contributed by atoms with Gasteiger partial charge in [0.15, 0.2) is 5.82 Å². The normalized spacial score (nSPS) is 10.9. The van der Waals surface area contributed by atoms with Crippen molar-refractivity contribution in [3.63, 3.8) is 0 Å². The van der Waals surface area contributed by atoms with Crippen molar-refractivity contribution in [2.24, 2.45) is 0 Å². The highest BCUT2D eigenvalue weighted by molar-refractivity contribution is 7.99. The van der Waals surface area contributed by atoms with E-state index in [2.05, 4.69) is 27.6 Å². The second-order valence-electron chi connectivity index (χ2n) is 7.02. The number of aryl methyl sites for hydroxylation is 1. The maximum atomic E-state index is 12.5. The summed E-state index contributed by atoms with van der Waals surface area (Å²) in [6.07, 6.45) is 4.54. The molecule has 0 unspecified atom stereocenters. The Kier molecular flexibility index (Phi) is 5.99. The number of hydrogen-bond donors (Lipinski definition) is 1. The predicted molar refractivity (Wildman–Crippen MR) is 120 cm³/mol. The van der Waals surface area contributed by atoms with Crippen LogP contribution in [0.2, 0.25) is 0 Å². The Morgan fingerprint density at radius 2 is 1.73 bits per heavy atom. The van der Waals surface area contributed by atoms with E-state index in [-0.39, 0.29) is 11.7 Å². The van der Waals surface area contributed by atoms with E-state index in [0.717, 1.165) is 28.2 Å². The lowest BCUT2D eigenvalue weighted by Crippen LogP contribution is -2.17. The van der Waals surface area contributed by atoms with Gasteiger partial charge >= 0.3 is 0 Å². The van der Waals surface area contributed by atoms with Crippen LogP contribution in [0.3, 0.4) is 0 Å². The maximum absolute atomic E-state index is 12.5. The molecule has 2 heterocycles. The van der Waals surface area contributed by atoms with E-state index in [4.69, 9.17) is 0 Å². The predicted octanol–water partition coefficient (Wildman–Crippen LogP) is 4.33. The Morgan fingerprint density at radius 3 is 2.50 bits per heavy atom. The van der Waals surface area contributed by atoms with E-state index in [1.807, 2.05) is 84.1 Å². The topological polar surface area (TPSA) is 64.7 Å². The van der Waals surface area contributed by atoms with E-state index in [9.17, 15) is 4.79 Å². The zero-order valence-electron chi connectivity index (χ0n) is 16.9. The molecule has 0 aliphatic rings. The lowest BCUT2D eigenvalue weighted by atomic mass is 10.1. The minimum Gasteiger partial charge on any atom is -0.325 e. The standard InChI is InChI=1S/C23H23N5OS/c1-17-9-8-12-20(18(17)2)24-22(29)16-30-23-26-25-21(15-19-10-4-3-5-11-19)28(23)27-13-6-7-14-27/h3-14H,15-16H2,1-2H3,(H,24,29). The van der Waals surface area contributed by atoms with Crippen LogP contribution in [0.1, 0.15) is 22.5 Å². The Bertz CT molecular complexity index is 1140. The fourth-order valence-electron chi connectivity index (χ4n) is 3.17. The minimum atomic E-state index is -0.0691. The van der Waals surface area contributed by atoms with Crippen molar-refractivity contribution in [1.82, 2.24) is 19.5 Å². The van der Waals surface area contributed by atoms with Crippen LogP contribution in [0.15, 0.2) is 78.2 Å². The van der Waals surface area contributed by atoms with Crippen molar-refractivity contribution in [3.05, 3.63) is 95.6 Å². The molecule has 2 aromatic carbocycles. The Morgan fingerprint density at radius 1 is 0.967 bits per heavy atom. The smallest absolute Gasteiger partial charge is 0.234 e. The van der Waals surface area contributed by atoms with Gasteiger partial charge in [0.1, 0.15) is 0 Å². The first-order valence-corrected chi connectivity index (χ1v) is 10.7. The number of aromatic nitrogens is 4. The number of benzene rings is 2. The van der Waals surface area contributed by atoms with Crippen molar-refractivity contribution in [2.45, 2.75) is 25.4 Å². The van der Waals surface area contributed by atoms with E-state index in [1.165, 1.54) is 11.8 Å². The van der Waals surface area contributed by atoms with E-state index in [1.54, 1.807) is 0 Å². The number of nitrogens with one attached hydrogen (secondary N) is 1. The van der Waals surface area contributed by atoms with Crippen molar-refractivity contribution >= 4 is 23.4 Å². The Labute approximate surface area is 179 Å². The van der Waals surface area contributed by atoms with Gasteiger partial charge < -0.3 is 5.32 Å². The summed E-state index contributed by atoms with van der Waals surface area (Å²) in [6, 6.07) is 20.0. The van der Waals surface area contributed by atoms with Gasteiger partial charge in [-0.1, -0.05) is 54.2 Å². The average molecular weight is 418 g/mol. The molecular weight excluding hydrogens is 394 g/mol. The number of anilines is 1. The third kappa shape index (κ3) is 4.46.